The average molecular weight is 689 g/mol. The van der Waals surface area contributed by atoms with Gasteiger partial charge in [-0.3, -0.25) is 38.8 Å². The van der Waals surface area contributed by atoms with Gasteiger partial charge in [0.05, 0.1) is 23.9 Å². The van der Waals surface area contributed by atoms with Crippen LogP contribution in [0.3, 0.4) is 0 Å². The van der Waals surface area contributed by atoms with Crippen molar-refractivity contribution < 1.29 is 39.7 Å². The van der Waals surface area contributed by atoms with E-state index in [0.29, 0.717) is 40.1 Å². The normalized spacial score (nSPS) is 19.1. The van der Waals surface area contributed by atoms with Gasteiger partial charge in [0.25, 0.3) is 23.6 Å². The lowest BCUT2D eigenvalue weighted by Gasteiger charge is -2.28. The van der Waals surface area contributed by atoms with Gasteiger partial charge in [0.2, 0.25) is 0 Å². The minimum atomic E-state index is -2.85. The minimum Gasteiger partial charge on any atom is -0.343 e. The Labute approximate surface area is 293 Å². The predicted molar refractivity (Wildman–Crippen MR) is 184 cm³/mol. The molecule has 2 saturated heterocycles. The van der Waals surface area contributed by atoms with Crippen LogP contribution in [0.1, 0.15) is 22.4 Å². The van der Waals surface area contributed by atoms with E-state index in [2.05, 4.69) is 0 Å². The van der Waals surface area contributed by atoms with Crippen LogP contribution in [-0.4, -0.2) is 92.6 Å². The Kier molecular flexibility index (Phi) is 5.23. The second-order valence-corrected chi connectivity index (χ2v) is 13.2. The summed E-state index contributed by atoms with van der Waals surface area (Å²) in [5, 5.41) is 1.41. The van der Waals surface area contributed by atoms with Crippen LogP contribution in [0.5, 0.6) is 0 Å². The number of thiophene rings is 2. The van der Waals surface area contributed by atoms with Crippen molar-refractivity contribution in [2.24, 2.45) is 14.0 Å². The van der Waals surface area contributed by atoms with Gasteiger partial charge in [-0.2, -0.15) is 0 Å². The first-order valence-corrected chi connectivity index (χ1v) is 15.7. The second kappa shape index (κ2) is 11.0. The summed E-state index contributed by atoms with van der Waals surface area (Å²) < 4.78 is 70.6. The molecule has 4 aromatic heterocycles. The number of hydrogen-bond donors (Lipinski definition) is 0. The van der Waals surface area contributed by atoms with Gasteiger partial charge in [0, 0.05) is 71.2 Å². The van der Waals surface area contributed by atoms with E-state index in [1.165, 1.54) is 46.9 Å². The molecule has 8 amide bonds. The van der Waals surface area contributed by atoms with Gasteiger partial charge in [-0.05, 0) is 71.4 Å². The molecule has 7 rings (SSSR count). The summed E-state index contributed by atoms with van der Waals surface area (Å²) in [5.41, 5.74) is -1.41. The molecule has 5 aromatic rings. The van der Waals surface area contributed by atoms with E-state index in [1.54, 1.807) is 12.1 Å². The third kappa shape index (κ3) is 4.63. The van der Waals surface area contributed by atoms with Crippen molar-refractivity contribution in [2.45, 2.75) is 0 Å². The van der Waals surface area contributed by atoms with Gasteiger partial charge >= 0.3 is 12.1 Å². The van der Waals surface area contributed by atoms with Crippen molar-refractivity contribution in [3.8, 4) is 21.1 Å². The Morgan fingerprint density at radius 2 is 0.917 bits per heavy atom. The number of rotatable bonds is 4. The number of benzene rings is 1. The summed E-state index contributed by atoms with van der Waals surface area (Å²) in [6, 6.07) is 9.66. The molecule has 0 bridgehead atoms. The number of carbonyl (C=O) groups is 6. The Morgan fingerprint density at radius 1 is 0.562 bits per heavy atom. The van der Waals surface area contributed by atoms with E-state index in [0.717, 1.165) is 46.7 Å². The minimum absolute atomic E-state index is 0.184. The SMILES string of the molecule is [2H]C(=C1C(=O)N(C)C(=O)N(C)C1=O)c1ccc(-c2cc3cc4sc(-c5ccc(C([2H])=C6C(=O)N(C)C(=O)N(C)C6=O)n5C([2H])([2H])[2H])cc4cc3s2)n1C([2H])([2H])[2H]. The highest BCUT2D eigenvalue weighted by atomic mass is 32.1. The molecule has 1 aromatic carbocycles. The monoisotopic (exact) mass is 688 g/mol. The molecule has 12 nitrogen and oxygen atoms in total. The van der Waals surface area contributed by atoms with Crippen LogP contribution in [0.15, 0.2) is 59.7 Å². The zero-order valence-corrected chi connectivity index (χ0v) is 27.2. The molecule has 2 fully saturated rings. The summed E-state index contributed by atoms with van der Waals surface area (Å²) in [6.07, 6.45) is 0. The topological polar surface area (TPSA) is 125 Å². The van der Waals surface area contributed by atoms with Crippen LogP contribution in [-0.2, 0) is 33.1 Å². The highest BCUT2D eigenvalue weighted by molar-refractivity contribution is 7.23. The molecule has 2 aliphatic rings. The molecule has 0 radical (unpaired) electrons. The lowest BCUT2D eigenvalue weighted by molar-refractivity contribution is -0.135. The number of fused-ring (bicyclic) bond motifs is 2. The van der Waals surface area contributed by atoms with Gasteiger partial charge in [-0.15, -0.1) is 22.7 Å². The molecule has 0 unspecified atom stereocenters. The number of urea groups is 2. The predicted octanol–water partition coefficient (Wildman–Crippen LogP) is 4.99. The third-order valence-electron chi connectivity index (χ3n) is 8.15. The van der Waals surface area contributed by atoms with Crippen molar-refractivity contribution in [3.05, 3.63) is 71.1 Å². The first kappa shape index (κ1) is 22.8. The molecule has 0 spiro atoms. The molecule has 0 aliphatic carbocycles. The molecule has 48 heavy (non-hydrogen) atoms. The van der Waals surface area contributed by atoms with Crippen LogP contribution in [0.25, 0.3) is 53.4 Å². The zero-order chi connectivity index (χ0) is 41.1. The molecule has 0 atom stereocenters. The lowest BCUT2D eigenvalue weighted by Crippen LogP contribution is -2.52. The summed E-state index contributed by atoms with van der Waals surface area (Å²) in [4.78, 5) is 79.9. The molecule has 14 heteroatoms. The zero-order valence-electron chi connectivity index (χ0n) is 33.6. The largest absolute Gasteiger partial charge is 0.343 e. The maximum Gasteiger partial charge on any atom is 0.333 e. The molecule has 6 heterocycles. The van der Waals surface area contributed by atoms with E-state index in [1.807, 2.05) is 12.1 Å². The number of likely N-dealkylation sites (N-methyl/N-ethyl adjacent to an activating group) is 4. The van der Waals surface area contributed by atoms with Gasteiger partial charge in [0.1, 0.15) is 11.1 Å². The van der Waals surface area contributed by atoms with E-state index in [9.17, 15) is 28.8 Å². The number of aromatic nitrogens is 2. The maximum atomic E-state index is 12.9. The van der Waals surface area contributed by atoms with E-state index in [4.69, 9.17) is 11.0 Å². The van der Waals surface area contributed by atoms with E-state index < -0.39 is 72.9 Å². The fourth-order valence-electron chi connectivity index (χ4n) is 5.40. The number of amides is 8. The van der Waals surface area contributed by atoms with Crippen molar-refractivity contribution in [2.75, 3.05) is 28.2 Å². The van der Waals surface area contributed by atoms with Crippen LogP contribution in [0.4, 0.5) is 9.59 Å². The molecular formula is C34H28N6O6S2. The van der Waals surface area contributed by atoms with Crippen molar-refractivity contribution in [1.82, 2.24) is 28.7 Å². The average Bonchev–Trinajstić information content (AvgIpc) is 3.93. The molecule has 2 aliphatic heterocycles. The number of carbonyl (C=O) groups excluding carboxylic acids is 6. The number of hydrogen-bond acceptors (Lipinski definition) is 8. The summed E-state index contributed by atoms with van der Waals surface area (Å²) in [7, 11) is 4.62. The van der Waals surface area contributed by atoms with E-state index >= 15 is 0 Å². The number of imide groups is 4. The summed E-state index contributed by atoms with van der Waals surface area (Å²) >= 11 is 2.47. The Morgan fingerprint density at radius 3 is 1.25 bits per heavy atom. The highest BCUT2D eigenvalue weighted by Gasteiger charge is 2.39. The molecule has 0 saturated carbocycles. The Balaban J connectivity index is 1.30. The molecular weight excluding hydrogens is 653 g/mol. The van der Waals surface area contributed by atoms with E-state index in [-0.39, 0.29) is 22.8 Å². The molecule has 242 valence electrons. The summed E-state index contributed by atoms with van der Waals surface area (Å²) in [6.45, 7) is -5.71. The number of barbiturate groups is 2. The van der Waals surface area contributed by atoms with Crippen LogP contribution in [0.2, 0.25) is 0 Å². The van der Waals surface area contributed by atoms with Crippen LogP contribution >= 0.6 is 22.7 Å². The van der Waals surface area contributed by atoms with Gasteiger partial charge in [-0.25, -0.2) is 9.59 Å². The standard InChI is InChI=1S/C34H28N6O6S2/c1-35-19(15-21-29(41)37(3)33(45)38(4)30(21)42)7-9-23(35)27-13-17-11-26-18(12-25(17)47-27)14-28(48-26)24-10-8-20(36(24)2)16-22-31(43)39(5)34(46)40(6)32(22)44/h7-16H,1-6H3/i1D3,2D3,15D,16D. The van der Waals surface area contributed by atoms with Gasteiger partial charge in [-0.1, -0.05) is 0 Å². The smallest absolute Gasteiger partial charge is 0.333 e. The quantitative estimate of drug-likeness (QED) is 0.194. The van der Waals surface area contributed by atoms with Crippen molar-refractivity contribution in [3.63, 3.8) is 0 Å². The summed E-state index contributed by atoms with van der Waals surface area (Å²) in [5.74, 6) is -4.12. The van der Waals surface area contributed by atoms with Crippen LogP contribution in [0, 0.1) is 0 Å². The van der Waals surface area contributed by atoms with Crippen LogP contribution < -0.4 is 0 Å². The van der Waals surface area contributed by atoms with Gasteiger partial charge in [0.15, 0.2) is 0 Å². The third-order valence-corrected chi connectivity index (χ3v) is 10.4. The first-order valence-electron chi connectivity index (χ1n) is 18.1. The van der Waals surface area contributed by atoms with Crippen molar-refractivity contribution >= 4 is 90.6 Å². The van der Waals surface area contributed by atoms with Crippen molar-refractivity contribution in [1.29, 1.82) is 0 Å². The Bertz CT molecular complexity index is 2420. The molecule has 0 N–H and O–H groups in total. The Hall–Kier alpha value is -5.60. The lowest BCUT2D eigenvalue weighted by atomic mass is 10.1. The fourth-order valence-corrected chi connectivity index (χ4v) is 7.62. The second-order valence-electron chi connectivity index (χ2n) is 11.0. The number of nitrogens with zero attached hydrogens (tertiary/aromatic N) is 6. The fraction of sp³-hybridized carbons (Fsp3) is 0.176. The first-order chi connectivity index (χ1) is 26.0. The highest BCUT2D eigenvalue weighted by Crippen LogP contribution is 2.41. The van der Waals surface area contributed by atoms with Gasteiger partial charge < -0.3 is 9.13 Å². The maximum absolute atomic E-state index is 12.9.